The van der Waals surface area contributed by atoms with Crippen LogP contribution in [0, 0.1) is 0 Å². The van der Waals surface area contributed by atoms with E-state index in [-0.39, 0.29) is 37.5 Å². The van der Waals surface area contributed by atoms with Gasteiger partial charge in [-0.3, -0.25) is 0 Å². The number of carbonyl (C=O) groups is 2. The van der Waals surface area contributed by atoms with E-state index in [1.54, 1.807) is 9.80 Å². The van der Waals surface area contributed by atoms with E-state index >= 15 is 0 Å². The Bertz CT molecular complexity index is 1040. The van der Waals surface area contributed by atoms with Gasteiger partial charge >= 0.3 is 12.2 Å². The third-order valence-corrected chi connectivity index (χ3v) is 6.61. The first-order chi connectivity index (χ1) is 16.7. The van der Waals surface area contributed by atoms with Gasteiger partial charge in [-0.15, -0.1) is 0 Å². The number of rotatable bonds is 4. The predicted molar refractivity (Wildman–Crippen MR) is 128 cm³/mol. The SMILES string of the molecule is O=C(OCc1ccccc1)N1CC2Cc3ccccc3CC1CN2C(=O)OCc1ccccc1. The lowest BCUT2D eigenvalue weighted by Crippen LogP contribution is -2.63. The van der Waals surface area contributed by atoms with Crippen LogP contribution in [-0.2, 0) is 35.5 Å². The van der Waals surface area contributed by atoms with E-state index in [4.69, 9.17) is 9.47 Å². The van der Waals surface area contributed by atoms with E-state index in [0.717, 1.165) is 11.1 Å². The molecule has 0 aliphatic carbocycles. The second-order valence-electron chi connectivity index (χ2n) is 8.87. The highest BCUT2D eigenvalue weighted by atomic mass is 16.6. The number of carbonyl (C=O) groups excluding carboxylic acids is 2. The molecule has 2 bridgehead atoms. The van der Waals surface area contributed by atoms with Crippen molar-refractivity contribution in [3.05, 3.63) is 107 Å². The summed E-state index contributed by atoms with van der Waals surface area (Å²) < 4.78 is 11.3. The predicted octanol–water partition coefficient (Wildman–Crippen LogP) is 4.81. The highest BCUT2D eigenvalue weighted by Crippen LogP contribution is 2.29. The van der Waals surface area contributed by atoms with E-state index in [1.807, 2.05) is 72.8 Å². The summed E-state index contributed by atoms with van der Waals surface area (Å²) in [6.45, 7) is 1.31. The fraction of sp³-hybridized carbons (Fsp3) is 0.286. The van der Waals surface area contributed by atoms with Crippen LogP contribution in [0.4, 0.5) is 9.59 Å². The number of hydrogen-bond donors (Lipinski definition) is 0. The topological polar surface area (TPSA) is 59.1 Å². The molecule has 34 heavy (non-hydrogen) atoms. The van der Waals surface area contributed by atoms with Gasteiger partial charge in [0.2, 0.25) is 0 Å². The van der Waals surface area contributed by atoms with Gasteiger partial charge in [-0.1, -0.05) is 84.9 Å². The van der Waals surface area contributed by atoms with E-state index < -0.39 is 0 Å². The van der Waals surface area contributed by atoms with E-state index in [0.29, 0.717) is 25.9 Å². The van der Waals surface area contributed by atoms with E-state index in [1.165, 1.54) is 11.1 Å². The van der Waals surface area contributed by atoms with Gasteiger partial charge in [0, 0.05) is 13.1 Å². The van der Waals surface area contributed by atoms with Crippen LogP contribution in [0.5, 0.6) is 0 Å². The second-order valence-corrected chi connectivity index (χ2v) is 8.87. The molecule has 0 radical (unpaired) electrons. The molecule has 2 amide bonds. The Morgan fingerprint density at radius 3 is 1.41 bits per heavy atom. The molecule has 0 spiro atoms. The minimum atomic E-state index is -0.337. The molecule has 1 saturated heterocycles. The maximum Gasteiger partial charge on any atom is 0.410 e. The van der Waals surface area contributed by atoms with Gasteiger partial charge in [-0.25, -0.2) is 9.59 Å². The quantitative estimate of drug-likeness (QED) is 0.565. The third kappa shape index (κ3) is 4.91. The van der Waals surface area contributed by atoms with Gasteiger partial charge < -0.3 is 19.3 Å². The molecule has 6 heteroatoms. The van der Waals surface area contributed by atoms with E-state index in [2.05, 4.69) is 12.1 Å². The molecule has 0 saturated carbocycles. The molecule has 3 aromatic rings. The van der Waals surface area contributed by atoms with Gasteiger partial charge in [0.1, 0.15) is 13.2 Å². The first-order valence-electron chi connectivity index (χ1n) is 11.7. The van der Waals surface area contributed by atoms with Crippen molar-refractivity contribution in [1.82, 2.24) is 9.80 Å². The van der Waals surface area contributed by atoms with Crippen LogP contribution < -0.4 is 0 Å². The molecule has 2 atom stereocenters. The maximum atomic E-state index is 13.1. The number of ether oxygens (including phenoxy) is 2. The summed E-state index contributed by atoms with van der Waals surface area (Å²) in [6.07, 6.45) is 0.670. The molecule has 1 fully saturated rings. The minimum absolute atomic E-state index is 0.176. The molecule has 2 unspecified atom stereocenters. The zero-order valence-electron chi connectivity index (χ0n) is 19.0. The summed E-state index contributed by atoms with van der Waals surface area (Å²) in [5.74, 6) is 0. The first kappa shape index (κ1) is 22.0. The Morgan fingerprint density at radius 1 is 0.618 bits per heavy atom. The average Bonchev–Trinajstić information content (AvgIpc) is 2.86. The number of amides is 2. The number of fused-ring (bicyclic) bond motifs is 2. The zero-order chi connectivity index (χ0) is 23.3. The van der Waals surface area contributed by atoms with Crippen molar-refractivity contribution in [3.8, 4) is 0 Å². The van der Waals surface area contributed by atoms with Crippen LogP contribution in [0.2, 0.25) is 0 Å². The van der Waals surface area contributed by atoms with Crippen LogP contribution in [-0.4, -0.2) is 47.2 Å². The number of benzene rings is 3. The van der Waals surface area contributed by atoms with Crippen molar-refractivity contribution in [2.45, 2.75) is 38.1 Å². The van der Waals surface area contributed by atoms with Crippen molar-refractivity contribution < 1.29 is 19.1 Å². The largest absolute Gasteiger partial charge is 0.445 e. The number of piperazine rings is 1. The van der Waals surface area contributed by atoms with Crippen molar-refractivity contribution in [1.29, 1.82) is 0 Å². The summed E-state index contributed by atoms with van der Waals surface area (Å²) in [6, 6.07) is 27.3. The Hall–Kier alpha value is -3.80. The van der Waals surface area contributed by atoms with Crippen LogP contribution in [0.15, 0.2) is 84.9 Å². The molecule has 174 valence electrons. The minimum Gasteiger partial charge on any atom is -0.445 e. The van der Waals surface area contributed by atoms with Crippen molar-refractivity contribution in [2.24, 2.45) is 0 Å². The molecular formula is C28H28N2O4. The molecule has 6 rings (SSSR count). The maximum absolute atomic E-state index is 13.1. The van der Waals surface area contributed by atoms with Gasteiger partial charge in [0.15, 0.2) is 0 Å². The van der Waals surface area contributed by atoms with Crippen LogP contribution >= 0.6 is 0 Å². The van der Waals surface area contributed by atoms with Gasteiger partial charge in [-0.05, 0) is 35.1 Å². The Labute approximate surface area is 199 Å². The van der Waals surface area contributed by atoms with Gasteiger partial charge in [-0.2, -0.15) is 0 Å². The van der Waals surface area contributed by atoms with Gasteiger partial charge in [0.25, 0.3) is 0 Å². The lowest BCUT2D eigenvalue weighted by Gasteiger charge is -2.47. The normalized spacial score (nSPS) is 19.1. The van der Waals surface area contributed by atoms with Crippen LogP contribution in [0.25, 0.3) is 0 Å². The summed E-state index contributed by atoms with van der Waals surface area (Å²) >= 11 is 0. The highest BCUT2D eigenvalue weighted by Gasteiger charge is 2.42. The smallest absolute Gasteiger partial charge is 0.410 e. The summed E-state index contributed by atoms with van der Waals surface area (Å²) in [5.41, 5.74) is 4.33. The zero-order valence-corrected chi connectivity index (χ0v) is 19.0. The molecule has 3 aliphatic heterocycles. The van der Waals surface area contributed by atoms with Gasteiger partial charge in [0.05, 0.1) is 12.1 Å². The monoisotopic (exact) mass is 456 g/mol. The molecule has 6 nitrogen and oxygen atoms in total. The fourth-order valence-electron chi connectivity index (χ4n) is 4.81. The Kier molecular flexibility index (Phi) is 6.47. The molecule has 3 aliphatic rings. The lowest BCUT2D eigenvalue weighted by atomic mass is 9.88. The van der Waals surface area contributed by atoms with E-state index in [9.17, 15) is 9.59 Å². The number of nitrogens with zero attached hydrogens (tertiary/aromatic N) is 2. The Morgan fingerprint density at radius 2 is 1.00 bits per heavy atom. The first-order valence-corrected chi connectivity index (χ1v) is 11.7. The standard InChI is InChI=1S/C28H28N2O4/c31-27(33-19-21-9-3-1-4-10-21)29-17-26-16-24-14-8-7-13-23(24)15-25(29)18-30(26)28(32)34-20-22-11-5-2-6-12-22/h1-14,25-26H,15-20H2. The van der Waals surface area contributed by atoms with Crippen molar-refractivity contribution >= 4 is 12.2 Å². The van der Waals surface area contributed by atoms with Crippen LogP contribution in [0.3, 0.4) is 0 Å². The Balaban J connectivity index is 1.32. The fourth-order valence-corrected chi connectivity index (χ4v) is 4.81. The second kappa shape index (κ2) is 10.00. The third-order valence-electron chi connectivity index (χ3n) is 6.61. The molecule has 0 aromatic heterocycles. The molecule has 0 N–H and O–H groups in total. The molecule has 3 aromatic carbocycles. The lowest BCUT2D eigenvalue weighted by molar-refractivity contribution is 0.00593. The van der Waals surface area contributed by atoms with Crippen LogP contribution in [0.1, 0.15) is 22.3 Å². The van der Waals surface area contributed by atoms with Crippen molar-refractivity contribution in [3.63, 3.8) is 0 Å². The average molecular weight is 457 g/mol. The highest BCUT2D eigenvalue weighted by molar-refractivity contribution is 5.71. The molecular weight excluding hydrogens is 428 g/mol. The number of hydrogen-bond acceptors (Lipinski definition) is 4. The van der Waals surface area contributed by atoms with Crippen molar-refractivity contribution in [2.75, 3.05) is 13.1 Å². The molecule has 3 heterocycles. The summed E-state index contributed by atoms with van der Waals surface area (Å²) in [4.78, 5) is 29.8. The summed E-state index contributed by atoms with van der Waals surface area (Å²) in [7, 11) is 0. The summed E-state index contributed by atoms with van der Waals surface area (Å²) in [5, 5.41) is 0.